The van der Waals surface area contributed by atoms with Gasteiger partial charge in [0.1, 0.15) is 0 Å². The van der Waals surface area contributed by atoms with Gasteiger partial charge in [0, 0.05) is 12.1 Å². The number of fused-ring (bicyclic) bond motifs is 1. The number of non-ortho nitro benzene ring substituents is 2. The summed E-state index contributed by atoms with van der Waals surface area (Å²) in [5.74, 6) is -1.46. The molecule has 1 aliphatic carbocycles. The summed E-state index contributed by atoms with van der Waals surface area (Å²) in [6.07, 6.45) is 1.72. The second-order valence-corrected chi connectivity index (χ2v) is 7.08. The summed E-state index contributed by atoms with van der Waals surface area (Å²) < 4.78 is 0. The van der Waals surface area contributed by atoms with E-state index < -0.39 is 32.8 Å². The minimum Gasteiger partial charge on any atom is -0.478 e. The number of carboxylic acid groups (broad SMARTS) is 1. The van der Waals surface area contributed by atoms with Crippen LogP contribution in [0, 0.1) is 20.2 Å². The largest absolute Gasteiger partial charge is 0.478 e. The highest BCUT2D eigenvalue weighted by atomic mass is 16.6. The SMILES string of the molecule is CC1(C)CCC(O)c2ccccc21.O=C(O)c1cc([N+](=O)[O-])cc([N+](=O)[O-])c1. The molecule has 0 aromatic heterocycles. The number of nitro benzene ring substituents is 2. The van der Waals surface area contributed by atoms with Crippen LogP contribution in [0.2, 0.25) is 0 Å². The van der Waals surface area contributed by atoms with Crippen LogP contribution in [0.1, 0.15) is 54.3 Å². The van der Waals surface area contributed by atoms with Crippen LogP contribution in [0.5, 0.6) is 0 Å². The minimum atomic E-state index is -1.46. The van der Waals surface area contributed by atoms with E-state index in [1.165, 1.54) is 5.56 Å². The number of rotatable bonds is 3. The number of nitrogens with zero attached hydrogens (tertiary/aromatic N) is 2. The second kappa shape index (κ2) is 8.13. The van der Waals surface area contributed by atoms with Crippen molar-refractivity contribution in [2.45, 2.75) is 38.2 Å². The Morgan fingerprint density at radius 2 is 1.61 bits per heavy atom. The van der Waals surface area contributed by atoms with Crippen molar-refractivity contribution < 1.29 is 24.9 Å². The number of aliphatic hydroxyl groups excluding tert-OH is 1. The van der Waals surface area contributed by atoms with Crippen molar-refractivity contribution >= 4 is 17.3 Å². The third-order valence-corrected chi connectivity index (χ3v) is 4.66. The van der Waals surface area contributed by atoms with E-state index in [1.807, 2.05) is 12.1 Å². The molecule has 0 fully saturated rings. The van der Waals surface area contributed by atoms with E-state index in [4.69, 9.17) is 5.11 Å². The molecule has 0 heterocycles. The van der Waals surface area contributed by atoms with Crippen LogP contribution in [0.25, 0.3) is 0 Å². The lowest BCUT2D eigenvalue weighted by atomic mass is 9.72. The number of hydrogen-bond donors (Lipinski definition) is 2. The molecule has 148 valence electrons. The zero-order chi connectivity index (χ0) is 21.1. The van der Waals surface area contributed by atoms with Crippen molar-refractivity contribution in [3.8, 4) is 0 Å². The smallest absolute Gasteiger partial charge is 0.336 e. The molecule has 28 heavy (non-hydrogen) atoms. The summed E-state index contributed by atoms with van der Waals surface area (Å²) >= 11 is 0. The number of hydrogen-bond acceptors (Lipinski definition) is 6. The van der Waals surface area contributed by atoms with Gasteiger partial charge in [0.15, 0.2) is 0 Å². The molecule has 2 aromatic carbocycles. The molecule has 0 bridgehead atoms. The Kier molecular flexibility index (Phi) is 6.09. The summed E-state index contributed by atoms with van der Waals surface area (Å²) in [5, 5.41) is 39.0. The number of carboxylic acids is 1. The molecule has 9 heteroatoms. The number of aliphatic hydroxyl groups is 1. The van der Waals surface area contributed by atoms with Crippen molar-refractivity contribution in [1.29, 1.82) is 0 Å². The molecule has 0 aliphatic heterocycles. The Balaban J connectivity index is 0.000000202. The predicted molar refractivity (Wildman–Crippen MR) is 100 cm³/mol. The lowest BCUT2D eigenvalue weighted by Gasteiger charge is -2.34. The van der Waals surface area contributed by atoms with Gasteiger partial charge in [0.05, 0.1) is 27.6 Å². The lowest BCUT2D eigenvalue weighted by molar-refractivity contribution is -0.394. The van der Waals surface area contributed by atoms with Gasteiger partial charge in [-0.1, -0.05) is 38.1 Å². The molecule has 1 aliphatic rings. The monoisotopic (exact) mass is 388 g/mol. The average Bonchev–Trinajstić information content (AvgIpc) is 2.65. The van der Waals surface area contributed by atoms with Gasteiger partial charge in [0.2, 0.25) is 0 Å². The quantitative estimate of drug-likeness (QED) is 0.597. The Bertz CT molecular complexity index is 845. The zero-order valence-corrected chi connectivity index (χ0v) is 15.4. The van der Waals surface area contributed by atoms with Gasteiger partial charge in [-0.3, -0.25) is 20.2 Å². The Hall–Kier alpha value is -3.33. The number of benzene rings is 2. The van der Waals surface area contributed by atoms with Crippen LogP contribution in [0.3, 0.4) is 0 Å². The molecule has 0 amide bonds. The van der Waals surface area contributed by atoms with E-state index in [2.05, 4.69) is 26.0 Å². The maximum Gasteiger partial charge on any atom is 0.336 e. The van der Waals surface area contributed by atoms with Crippen molar-refractivity contribution in [2.75, 3.05) is 0 Å². The molecular weight excluding hydrogens is 368 g/mol. The summed E-state index contributed by atoms with van der Waals surface area (Å²) in [4.78, 5) is 29.4. The molecule has 1 atom stereocenters. The summed E-state index contributed by atoms with van der Waals surface area (Å²) in [7, 11) is 0. The van der Waals surface area contributed by atoms with Crippen molar-refractivity contribution in [3.63, 3.8) is 0 Å². The molecule has 0 radical (unpaired) electrons. The maximum absolute atomic E-state index is 10.5. The first-order valence-corrected chi connectivity index (χ1v) is 8.47. The average molecular weight is 388 g/mol. The molecule has 0 saturated carbocycles. The van der Waals surface area contributed by atoms with Gasteiger partial charge in [-0.05, 0) is 29.4 Å². The van der Waals surface area contributed by atoms with E-state index in [0.717, 1.165) is 30.5 Å². The van der Waals surface area contributed by atoms with Gasteiger partial charge in [0.25, 0.3) is 11.4 Å². The van der Waals surface area contributed by atoms with Crippen LogP contribution in [-0.4, -0.2) is 26.0 Å². The van der Waals surface area contributed by atoms with Gasteiger partial charge < -0.3 is 10.2 Å². The predicted octanol–water partition coefficient (Wildman–Crippen LogP) is 3.99. The highest BCUT2D eigenvalue weighted by molar-refractivity contribution is 5.89. The molecule has 2 aromatic rings. The normalized spacial score (nSPS) is 16.9. The van der Waals surface area contributed by atoms with Crippen molar-refractivity contribution in [3.05, 3.63) is 79.4 Å². The van der Waals surface area contributed by atoms with E-state index in [9.17, 15) is 30.1 Å². The molecular formula is C19H20N2O7. The summed E-state index contributed by atoms with van der Waals surface area (Å²) in [6, 6.07) is 10.5. The fraction of sp³-hybridized carbons (Fsp3) is 0.316. The fourth-order valence-corrected chi connectivity index (χ4v) is 3.12. The van der Waals surface area contributed by atoms with Crippen LogP contribution < -0.4 is 0 Å². The first-order chi connectivity index (χ1) is 13.0. The van der Waals surface area contributed by atoms with Gasteiger partial charge in [-0.25, -0.2) is 4.79 Å². The molecule has 0 spiro atoms. The minimum absolute atomic E-state index is 0.232. The summed E-state index contributed by atoms with van der Waals surface area (Å²) in [5.41, 5.74) is 0.933. The Morgan fingerprint density at radius 1 is 1.07 bits per heavy atom. The van der Waals surface area contributed by atoms with Crippen LogP contribution in [0.4, 0.5) is 11.4 Å². The number of carbonyl (C=O) groups is 1. The van der Waals surface area contributed by atoms with E-state index >= 15 is 0 Å². The summed E-state index contributed by atoms with van der Waals surface area (Å²) in [6.45, 7) is 4.50. The topological polar surface area (TPSA) is 144 Å². The standard InChI is InChI=1S/C12H16O.C7H4N2O6/c1-12(2)8-7-11(13)9-5-3-4-6-10(9)12;10-7(11)4-1-5(8(12)13)3-6(2-4)9(14)15/h3-6,11,13H,7-8H2,1-2H3;1-3H,(H,10,11). The third-order valence-electron chi connectivity index (χ3n) is 4.66. The van der Waals surface area contributed by atoms with Gasteiger partial charge >= 0.3 is 5.97 Å². The third kappa shape index (κ3) is 4.68. The molecule has 2 N–H and O–H groups in total. The van der Waals surface area contributed by atoms with Crippen molar-refractivity contribution in [1.82, 2.24) is 0 Å². The molecule has 3 rings (SSSR count). The zero-order valence-electron chi connectivity index (χ0n) is 15.4. The maximum atomic E-state index is 10.5. The van der Waals surface area contributed by atoms with E-state index in [-0.39, 0.29) is 11.5 Å². The van der Waals surface area contributed by atoms with Crippen LogP contribution in [-0.2, 0) is 5.41 Å². The van der Waals surface area contributed by atoms with Crippen LogP contribution >= 0.6 is 0 Å². The first kappa shape index (κ1) is 21.0. The number of aromatic carboxylic acids is 1. The van der Waals surface area contributed by atoms with E-state index in [0.29, 0.717) is 6.07 Å². The lowest BCUT2D eigenvalue weighted by Crippen LogP contribution is -2.25. The van der Waals surface area contributed by atoms with Crippen molar-refractivity contribution in [2.24, 2.45) is 0 Å². The van der Waals surface area contributed by atoms with Crippen LogP contribution in [0.15, 0.2) is 42.5 Å². The highest BCUT2D eigenvalue weighted by Crippen LogP contribution is 2.40. The Labute approximate surface area is 160 Å². The highest BCUT2D eigenvalue weighted by Gasteiger charge is 2.30. The fourth-order valence-electron chi connectivity index (χ4n) is 3.12. The molecule has 0 saturated heterocycles. The van der Waals surface area contributed by atoms with Gasteiger partial charge in [-0.15, -0.1) is 0 Å². The molecule has 1 unspecified atom stereocenters. The Morgan fingerprint density at radius 3 is 2.07 bits per heavy atom. The van der Waals surface area contributed by atoms with E-state index in [1.54, 1.807) is 0 Å². The first-order valence-electron chi connectivity index (χ1n) is 8.47. The number of nitro groups is 2. The molecule has 9 nitrogen and oxygen atoms in total. The second-order valence-electron chi connectivity index (χ2n) is 7.08. The van der Waals surface area contributed by atoms with Gasteiger partial charge in [-0.2, -0.15) is 0 Å².